The fraction of sp³-hybridized carbons (Fsp3) is 0.100. The number of rotatable bonds is 1. The van der Waals surface area contributed by atoms with Gasteiger partial charge in [0.15, 0.2) is 0 Å². The van der Waals surface area contributed by atoms with Crippen molar-refractivity contribution in [2.24, 2.45) is 0 Å². The van der Waals surface area contributed by atoms with E-state index < -0.39 is 0 Å². The topological polar surface area (TPSA) is 9.23 Å². The van der Waals surface area contributed by atoms with Crippen molar-refractivity contribution in [3.8, 4) is 0 Å². The molecule has 0 N–H and O–H groups in total. The zero-order valence-corrected chi connectivity index (χ0v) is 8.61. The molecule has 1 radical (unpaired) electrons. The maximum atomic E-state index is 5.12. The van der Waals surface area contributed by atoms with Crippen LogP contribution in [0.2, 0.25) is 0 Å². The predicted octanol–water partition coefficient (Wildman–Crippen LogP) is 2.76. The van der Waals surface area contributed by atoms with E-state index in [4.69, 9.17) is 4.74 Å². The molecule has 1 aliphatic heterocycles. The van der Waals surface area contributed by atoms with Gasteiger partial charge in [0.2, 0.25) is 0 Å². The Labute approximate surface area is 85.6 Å². The Balaban J connectivity index is 2.23. The molecule has 1 aromatic rings. The van der Waals surface area contributed by atoms with Gasteiger partial charge in [0.25, 0.3) is 0 Å². The molecule has 1 aliphatic rings. The van der Waals surface area contributed by atoms with Gasteiger partial charge in [-0.2, -0.15) is 0 Å². The van der Waals surface area contributed by atoms with Crippen LogP contribution in [0.5, 0.6) is 0 Å². The Kier molecular flexibility index (Phi) is 2.35. The summed E-state index contributed by atoms with van der Waals surface area (Å²) in [5.74, 6) is 1.26. The van der Waals surface area contributed by atoms with Crippen LogP contribution in [0.1, 0.15) is 5.56 Å². The molecule has 2 heteroatoms. The van der Waals surface area contributed by atoms with Gasteiger partial charge in [-0.1, -0.05) is 12.1 Å². The van der Waals surface area contributed by atoms with Crippen molar-refractivity contribution in [3.63, 3.8) is 0 Å². The largest absolute Gasteiger partial charge is 0.500 e. The van der Waals surface area contributed by atoms with E-state index in [0.29, 0.717) is 6.61 Å². The molecule has 0 amide bonds. The first-order valence-electron chi connectivity index (χ1n) is 3.76. The molecular formula is C10H8IO. The minimum Gasteiger partial charge on any atom is -0.500 e. The summed E-state index contributed by atoms with van der Waals surface area (Å²) in [6, 6.07) is 8.45. The van der Waals surface area contributed by atoms with Crippen LogP contribution in [0.3, 0.4) is 0 Å². The molecule has 61 valence electrons. The molecule has 12 heavy (non-hydrogen) atoms. The van der Waals surface area contributed by atoms with Gasteiger partial charge in [0.05, 0.1) is 12.2 Å². The minimum atomic E-state index is 0.709. The molecule has 0 aliphatic carbocycles. The molecule has 0 atom stereocenters. The lowest BCUT2D eigenvalue weighted by molar-refractivity contribution is 0.292. The van der Waals surface area contributed by atoms with Crippen LogP contribution in [0, 0.1) is 9.49 Å². The van der Waals surface area contributed by atoms with Crippen molar-refractivity contribution in [1.82, 2.24) is 0 Å². The van der Waals surface area contributed by atoms with Gasteiger partial charge in [-0.05, 0) is 46.4 Å². The van der Waals surface area contributed by atoms with Gasteiger partial charge in [-0.25, -0.2) is 0 Å². The summed E-state index contributed by atoms with van der Waals surface area (Å²) in [6.45, 7) is 0.709. The molecule has 1 nitrogen and oxygen atoms in total. The van der Waals surface area contributed by atoms with Crippen molar-refractivity contribution in [2.45, 2.75) is 0 Å². The van der Waals surface area contributed by atoms with E-state index in [1.165, 1.54) is 15.1 Å². The Bertz CT molecular complexity index is 289. The minimum absolute atomic E-state index is 0.709. The summed E-state index contributed by atoms with van der Waals surface area (Å²) in [5.41, 5.74) is 1.25. The molecule has 1 heterocycles. The first-order chi connectivity index (χ1) is 5.86. The van der Waals surface area contributed by atoms with E-state index in [2.05, 4.69) is 46.9 Å². The molecule has 0 unspecified atom stereocenters. The lowest BCUT2D eigenvalue weighted by Gasteiger charge is -2.04. The first-order valence-corrected chi connectivity index (χ1v) is 4.84. The van der Waals surface area contributed by atoms with E-state index in [0.717, 1.165) is 0 Å². The van der Waals surface area contributed by atoms with E-state index in [-0.39, 0.29) is 0 Å². The molecule has 2 rings (SSSR count). The third kappa shape index (κ3) is 1.63. The van der Waals surface area contributed by atoms with Crippen LogP contribution in [0.15, 0.2) is 36.6 Å². The van der Waals surface area contributed by atoms with Crippen LogP contribution in [0.4, 0.5) is 0 Å². The lowest BCUT2D eigenvalue weighted by atomic mass is 10.0. The number of ether oxygens (including phenoxy) is 1. The summed E-state index contributed by atoms with van der Waals surface area (Å²) in [4.78, 5) is 0. The Hall–Kier alpha value is -0.510. The number of hydrogen-bond donors (Lipinski definition) is 0. The maximum Gasteiger partial charge on any atom is 0.102 e. The maximum absolute atomic E-state index is 5.12. The molecule has 0 fully saturated rings. The Morgan fingerprint density at radius 2 is 1.92 bits per heavy atom. The summed E-state index contributed by atoms with van der Waals surface area (Å²) in [6.07, 6.45) is 3.76. The second kappa shape index (κ2) is 3.47. The molecular weight excluding hydrogens is 263 g/mol. The molecule has 0 saturated carbocycles. The van der Waals surface area contributed by atoms with Crippen molar-refractivity contribution < 1.29 is 4.74 Å². The third-order valence-corrected chi connectivity index (χ3v) is 2.54. The predicted molar refractivity (Wildman–Crippen MR) is 56.6 cm³/mol. The average molecular weight is 271 g/mol. The standard InChI is InChI=1S/C10H8IO/c11-10-3-1-8(2-4-10)9-5-6-12-7-9/h1-6H,7H2. The highest BCUT2D eigenvalue weighted by Gasteiger charge is 2.12. The first kappa shape index (κ1) is 8.10. The quantitative estimate of drug-likeness (QED) is 0.714. The fourth-order valence-electron chi connectivity index (χ4n) is 1.16. The summed E-state index contributed by atoms with van der Waals surface area (Å²) in [5, 5.41) is 0. The van der Waals surface area contributed by atoms with Crippen molar-refractivity contribution in [3.05, 3.63) is 51.7 Å². The Morgan fingerprint density at radius 1 is 1.17 bits per heavy atom. The number of benzene rings is 1. The van der Waals surface area contributed by atoms with Crippen molar-refractivity contribution >= 4 is 22.6 Å². The molecule has 0 spiro atoms. The number of hydrogen-bond acceptors (Lipinski definition) is 1. The van der Waals surface area contributed by atoms with Crippen molar-refractivity contribution in [2.75, 3.05) is 6.61 Å². The highest BCUT2D eigenvalue weighted by molar-refractivity contribution is 14.1. The van der Waals surface area contributed by atoms with Crippen LogP contribution in [0.25, 0.3) is 0 Å². The van der Waals surface area contributed by atoms with Gasteiger partial charge in [-0.15, -0.1) is 0 Å². The smallest absolute Gasteiger partial charge is 0.102 e. The van der Waals surface area contributed by atoms with Gasteiger partial charge in [-0.3, -0.25) is 0 Å². The van der Waals surface area contributed by atoms with Crippen LogP contribution in [-0.2, 0) is 4.74 Å². The summed E-state index contributed by atoms with van der Waals surface area (Å²) < 4.78 is 6.39. The van der Waals surface area contributed by atoms with Crippen molar-refractivity contribution in [1.29, 1.82) is 0 Å². The monoisotopic (exact) mass is 271 g/mol. The van der Waals surface area contributed by atoms with E-state index >= 15 is 0 Å². The third-order valence-electron chi connectivity index (χ3n) is 1.82. The van der Waals surface area contributed by atoms with Gasteiger partial charge < -0.3 is 4.74 Å². The van der Waals surface area contributed by atoms with E-state index in [1.54, 1.807) is 6.26 Å². The van der Waals surface area contributed by atoms with Crippen LogP contribution < -0.4 is 0 Å². The fourth-order valence-corrected chi connectivity index (χ4v) is 1.52. The Morgan fingerprint density at radius 3 is 2.50 bits per heavy atom. The van der Waals surface area contributed by atoms with Gasteiger partial charge >= 0.3 is 0 Å². The molecule has 0 bridgehead atoms. The molecule has 1 aromatic carbocycles. The van der Waals surface area contributed by atoms with Gasteiger partial charge in [0, 0.05) is 3.57 Å². The number of halogens is 1. The van der Waals surface area contributed by atoms with Gasteiger partial charge in [0.1, 0.15) is 6.61 Å². The average Bonchev–Trinajstić information content (AvgIpc) is 2.58. The van der Waals surface area contributed by atoms with Crippen LogP contribution >= 0.6 is 22.6 Å². The summed E-state index contributed by atoms with van der Waals surface area (Å²) in [7, 11) is 0. The van der Waals surface area contributed by atoms with E-state index in [1.807, 2.05) is 6.08 Å². The highest BCUT2D eigenvalue weighted by atomic mass is 127. The SMILES string of the molecule is Ic1ccc([C]2C=COC2)cc1. The zero-order chi connectivity index (χ0) is 8.39. The second-order valence-corrected chi connectivity index (χ2v) is 3.89. The molecule has 0 saturated heterocycles. The van der Waals surface area contributed by atoms with E-state index in [9.17, 15) is 0 Å². The highest BCUT2D eigenvalue weighted by Crippen LogP contribution is 2.21. The van der Waals surface area contributed by atoms with Crippen LogP contribution in [-0.4, -0.2) is 6.61 Å². The normalized spacial score (nSPS) is 16.4. The lowest BCUT2D eigenvalue weighted by Crippen LogP contribution is -1.97. The summed E-state index contributed by atoms with van der Waals surface area (Å²) >= 11 is 2.30. The second-order valence-electron chi connectivity index (χ2n) is 2.65. The zero-order valence-electron chi connectivity index (χ0n) is 6.46. The molecule has 0 aromatic heterocycles.